The fourth-order valence-corrected chi connectivity index (χ4v) is 3.93. The molecular weight excluding hydrogens is 370 g/mol. The molecule has 0 saturated heterocycles. The first-order chi connectivity index (χ1) is 10.9. The van der Waals surface area contributed by atoms with Crippen LogP contribution in [-0.4, -0.2) is 26.9 Å². The molecule has 1 aromatic carbocycles. The third-order valence-electron chi connectivity index (χ3n) is 3.09. The van der Waals surface area contributed by atoms with E-state index in [1.807, 2.05) is 6.92 Å². The lowest BCUT2D eigenvalue weighted by molar-refractivity contribution is -0.120. The van der Waals surface area contributed by atoms with Gasteiger partial charge in [0.2, 0.25) is 5.91 Å². The Morgan fingerprint density at radius 3 is 2.46 bits per heavy atom. The molecule has 132 valence electrons. The molecule has 0 aliphatic carbocycles. The Kier molecular flexibility index (Phi) is 7.68. The third kappa shape index (κ3) is 5.79. The topological polar surface area (TPSA) is 101 Å². The first-order valence-corrected chi connectivity index (χ1v) is 9.41. The highest BCUT2D eigenvalue weighted by atomic mass is 35.5. The molecule has 2 rings (SSSR count). The second kappa shape index (κ2) is 9.03. The van der Waals surface area contributed by atoms with Gasteiger partial charge in [-0.2, -0.15) is 0 Å². The Morgan fingerprint density at radius 2 is 1.92 bits per heavy atom. The standard InChI is InChI=1S/C15H19N3O3S2.ClH/c1-11(10-16)17-14(19)9-12-4-6-13(7-5-12)18-23(20,21)15-3-2-8-22-15;/h2-8,11,18H,9-10,16H2,1H3,(H,17,19);1H/t11-;/m0./s1. The van der Waals surface area contributed by atoms with Gasteiger partial charge in [0.1, 0.15) is 4.21 Å². The van der Waals surface area contributed by atoms with Crippen molar-refractivity contribution < 1.29 is 13.2 Å². The quantitative estimate of drug-likeness (QED) is 0.673. The van der Waals surface area contributed by atoms with Crippen molar-refractivity contribution in [1.29, 1.82) is 0 Å². The number of nitrogens with two attached hydrogens (primary N) is 1. The Bertz CT molecular complexity index is 747. The monoisotopic (exact) mass is 389 g/mol. The minimum absolute atomic E-state index is 0. The van der Waals surface area contributed by atoms with Crippen LogP contribution in [0.2, 0.25) is 0 Å². The zero-order valence-corrected chi connectivity index (χ0v) is 15.5. The highest BCUT2D eigenvalue weighted by Crippen LogP contribution is 2.20. The maximum atomic E-state index is 12.1. The number of amides is 1. The van der Waals surface area contributed by atoms with E-state index >= 15 is 0 Å². The van der Waals surface area contributed by atoms with Gasteiger partial charge in [0.15, 0.2) is 0 Å². The summed E-state index contributed by atoms with van der Waals surface area (Å²) in [4.78, 5) is 11.8. The van der Waals surface area contributed by atoms with Crippen molar-refractivity contribution in [3.8, 4) is 0 Å². The molecule has 1 amide bonds. The number of rotatable bonds is 7. The molecule has 0 aliphatic heterocycles. The molecule has 6 nitrogen and oxygen atoms in total. The Morgan fingerprint density at radius 1 is 1.25 bits per heavy atom. The maximum Gasteiger partial charge on any atom is 0.271 e. The van der Waals surface area contributed by atoms with Crippen LogP contribution in [0.3, 0.4) is 0 Å². The summed E-state index contributed by atoms with van der Waals surface area (Å²) < 4.78 is 27.0. The molecule has 24 heavy (non-hydrogen) atoms. The number of anilines is 1. The van der Waals surface area contributed by atoms with E-state index in [1.54, 1.807) is 41.8 Å². The molecule has 0 radical (unpaired) electrons. The van der Waals surface area contributed by atoms with E-state index in [0.29, 0.717) is 12.2 Å². The van der Waals surface area contributed by atoms with Gasteiger partial charge in [-0.3, -0.25) is 9.52 Å². The Labute approximate surface area is 151 Å². The van der Waals surface area contributed by atoms with E-state index in [4.69, 9.17) is 5.73 Å². The van der Waals surface area contributed by atoms with Gasteiger partial charge in [0.25, 0.3) is 10.0 Å². The smallest absolute Gasteiger partial charge is 0.271 e. The van der Waals surface area contributed by atoms with E-state index in [1.165, 1.54) is 0 Å². The zero-order chi connectivity index (χ0) is 16.9. The van der Waals surface area contributed by atoms with Gasteiger partial charge in [-0.25, -0.2) is 8.42 Å². The number of hydrogen-bond donors (Lipinski definition) is 3. The number of benzene rings is 1. The number of halogens is 1. The van der Waals surface area contributed by atoms with Crippen LogP contribution in [0.5, 0.6) is 0 Å². The average molecular weight is 390 g/mol. The van der Waals surface area contributed by atoms with Crippen LogP contribution >= 0.6 is 23.7 Å². The molecule has 0 unspecified atom stereocenters. The lowest BCUT2D eigenvalue weighted by Gasteiger charge is -2.11. The number of carbonyl (C=O) groups excluding carboxylic acids is 1. The highest BCUT2D eigenvalue weighted by Gasteiger charge is 2.15. The second-order valence-corrected chi connectivity index (χ2v) is 7.97. The second-order valence-electron chi connectivity index (χ2n) is 5.12. The third-order valence-corrected chi connectivity index (χ3v) is 5.87. The van der Waals surface area contributed by atoms with Gasteiger partial charge in [0, 0.05) is 18.3 Å². The fraction of sp³-hybridized carbons (Fsp3) is 0.267. The van der Waals surface area contributed by atoms with Gasteiger partial charge in [-0.15, -0.1) is 23.7 Å². The van der Waals surface area contributed by atoms with Crippen LogP contribution in [0.1, 0.15) is 12.5 Å². The molecule has 2 aromatic rings. The number of nitrogens with one attached hydrogen (secondary N) is 2. The van der Waals surface area contributed by atoms with Crippen LogP contribution < -0.4 is 15.8 Å². The first kappa shape index (κ1) is 20.4. The van der Waals surface area contributed by atoms with E-state index in [2.05, 4.69) is 10.0 Å². The predicted octanol–water partition coefficient (Wildman–Crippen LogP) is 1.98. The van der Waals surface area contributed by atoms with Crippen molar-refractivity contribution in [3.63, 3.8) is 0 Å². The van der Waals surface area contributed by atoms with Crippen LogP contribution in [-0.2, 0) is 21.2 Å². The molecule has 1 aromatic heterocycles. The molecule has 1 atom stereocenters. The lowest BCUT2D eigenvalue weighted by atomic mass is 10.1. The molecular formula is C15H20ClN3O3S2. The van der Waals surface area contributed by atoms with Crippen molar-refractivity contribution >= 4 is 45.4 Å². The van der Waals surface area contributed by atoms with Crippen molar-refractivity contribution in [3.05, 3.63) is 47.3 Å². The van der Waals surface area contributed by atoms with E-state index in [9.17, 15) is 13.2 Å². The molecule has 9 heteroatoms. The summed E-state index contributed by atoms with van der Waals surface area (Å²) in [5.41, 5.74) is 6.71. The minimum atomic E-state index is -3.55. The fourth-order valence-electron chi connectivity index (χ4n) is 1.88. The van der Waals surface area contributed by atoms with E-state index in [0.717, 1.165) is 16.9 Å². The van der Waals surface area contributed by atoms with Gasteiger partial charge in [0.05, 0.1) is 6.42 Å². The molecule has 1 heterocycles. The van der Waals surface area contributed by atoms with Crippen LogP contribution in [0.4, 0.5) is 5.69 Å². The van der Waals surface area contributed by atoms with Gasteiger partial charge < -0.3 is 11.1 Å². The number of hydrogen-bond acceptors (Lipinski definition) is 5. The van der Waals surface area contributed by atoms with Crippen LogP contribution in [0.15, 0.2) is 46.0 Å². The number of sulfonamides is 1. The lowest BCUT2D eigenvalue weighted by Crippen LogP contribution is -2.38. The van der Waals surface area contributed by atoms with Gasteiger partial charge >= 0.3 is 0 Å². The average Bonchev–Trinajstić information content (AvgIpc) is 3.04. The van der Waals surface area contributed by atoms with E-state index in [-0.39, 0.29) is 35.0 Å². The van der Waals surface area contributed by atoms with Gasteiger partial charge in [-0.05, 0) is 36.1 Å². The van der Waals surface area contributed by atoms with Crippen molar-refractivity contribution in [2.75, 3.05) is 11.3 Å². The molecule has 0 aliphatic rings. The Balaban J connectivity index is 0.00000288. The minimum Gasteiger partial charge on any atom is -0.352 e. The van der Waals surface area contributed by atoms with Gasteiger partial charge in [-0.1, -0.05) is 18.2 Å². The number of carbonyl (C=O) groups is 1. The molecule has 0 fully saturated rings. The zero-order valence-electron chi connectivity index (χ0n) is 13.1. The summed E-state index contributed by atoms with van der Waals surface area (Å²) >= 11 is 1.15. The molecule has 0 bridgehead atoms. The summed E-state index contributed by atoms with van der Waals surface area (Å²) in [6.07, 6.45) is 0.224. The van der Waals surface area contributed by atoms with E-state index < -0.39 is 10.0 Å². The van der Waals surface area contributed by atoms with Crippen molar-refractivity contribution in [2.45, 2.75) is 23.6 Å². The normalized spacial score (nSPS) is 12.1. The SMILES string of the molecule is C[C@@H](CN)NC(=O)Cc1ccc(NS(=O)(=O)c2cccs2)cc1.Cl. The maximum absolute atomic E-state index is 12.1. The molecule has 0 saturated carbocycles. The summed E-state index contributed by atoms with van der Waals surface area (Å²) in [5.74, 6) is -0.116. The predicted molar refractivity (Wildman–Crippen MR) is 99.2 cm³/mol. The highest BCUT2D eigenvalue weighted by molar-refractivity contribution is 7.94. The van der Waals surface area contributed by atoms with Crippen molar-refractivity contribution in [1.82, 2.24) is 5.32 Å². The number of thiophene rings is 1. The largest absolute Gasteiger partial charge is 0.352 e. The summed E-state index contributed by atoms with van der Waals surface area (Å²) in [6, 6.07) is 9.88. The first-order valence-electron chi connectivity index (χ1n) is 7.05. The summed E-state index contributed by atoms with van der Waals surface area (Å²) in [7, 11) is -3.55. The van der Waals surface area contributed by atoms with Crippen LogP contribution in [0.25, 0.3) is 0 Å². The Hall–Kier alpha value is -1.61. The van der Waals surface area contributed by atoms with Crippen molar-refractivity contribution in [2.24, 2.45) is 5.73 Å². The summed E-state index contributed by atoms with van der Waals surface area (Å²) in [5, 5.41) is 4.48. The molecule has 0 spiro atoms. The van der Waals surface area contributed by atoms with Crippen LogP contribution in [0, 0.1) is 0 Å². The summed E-state index contributed by atoms with van der Waals surface area (Å²) in [6.45, 7) is 2.22. The molecule has 4 N–H and O–H groups in total.